The largest absolute Gasteiger partial charge is 1.00 e. The molecule has 29 heavy (non-hydrogen) atoms. The van der Waals surface area contributed by atoms with Crippen molar-refractivity contribution in [2.75, 3.05) is 39.3 Å². The van der Waals surface area contributed by atoms with Gasteiger partial charge in [0, 0.05) is 57.2 Å². The van der Waals surface area contributed by atoms with Crippen molar-refractivity contribution in [3.8, 4) is 0 Å². The second-order valence-corrected chi connectivity index (χ2v) is 5.91. The minimum absolute atomic E-state index is 0. The third kappa shape index (κ3) is 27.1. The fourth-order valence-electron chi connectivity index (χ4n) is 2.28. The maximum atomic E-state index is 10.7. The van der Waals surface area contributed by atoms with E-state index in [0.717, 1.165) is 6.42 Å². The van der Waals surface area contributed by atoms with E-state index in [1.807, 2.05) is 6.92 Å². The van der Waals surface area contributed by atoms with Crippen molar-refractivity contribution in [1.29, 1.82) is 0 Å². The molecule has 0 aromatic heterocycles. The summed E-state index contributed by atoms with van der Waals surface area (Å²) in [6, 6.07) is 0. The molecule has 0 aromatic rings. The van der Waals surface area contributed by atoms with Crippen LogP contribution in [0.4, 0.5) is 0 Å². The molecule has 1 unspecified atom stereocenters. The van der Waals surface area contributed by atoms with Crippen LogP contribution in [-0.4, -0.2) is 78.2 Å². The van der Waals surface area contributed by atoms with E-state index >= 15 is 0 Å². The van der Waals surface area contributed by atoms with E-state index in [1.54, 1.807) is 22.0 Å². The predicted molar refractivity (Wildman–Crippen MR) is 87.2 cm³/mol. The fraction of sp³-hybridized carbons (Fsp3) is 0.706. The van der Waals surface area contributed by atoms with Crippen molar-refractivity contribution < 1.29 is 189 Å². The van der Waals surface area contributed by atoms with Crippen LogP contribution in [0.25, 0.3) is 0 Å². The number of carbonyl (C=O) groups is 3. The summed E-state index contributed by atoms with van der Waals surface area (Å²) in [7, 11) is 0. The van der Waals surface area contributed by atoms with Crippen LogP contribution in [0.3, 0.4) is 0 Å². The summed E-state index contributed by atoms with van der Waals surface area (Å²) < 4.78 is 0. The zero-order valence-electron chi connectivity index (χ0n) is 18.1. The second kappa shape index (κ2) is 25.6. The van der Waals surface area contributed by atoms with Gasteiger partial charge >= 0.3 is 154 Å². The Bertz CT molecular complexity index is 464. The van der Waals surface area contributed by atoms with Gasteiger partial charge in [-0.05, 0) is 25.7 Å². The molecule has 0 aromatic carbocycles. The number of carboxylic acid groups (broad SMARTS) is 3. The first-order valence-corrected chi connectivity index (χ1v) is 8.63. The summed E-state index contributed by atoms with van der Waals surface area (Å²) in [5.41, 5.74) is 0. The summed E-state index contributed by atoms with van der Waals surface area (Å²) in [5, 5.41) is 41.9. The van der Waals surface area contributed by atoms with Crippen molar-refractivity contribution in [2.24, 2.45) is 0 Å². The number of carbonyl (C=O) groups excluding carboxylic acids is 3. The average Bonchev–Trinajstić information content (AvgIpc) is 2.56. The van der Waals surface area contributed by atoms with Gasteiger partial charge in [0.05, 0.1) is 6.10 Å². The van der Waals surface area contributed by atoms with Gasteiger partial charge in [-0.25, -0.2) is 0 Å². The van der Waals surface area contributed by atoms with Gasteiger partial charge in [-0.15, -0.1) is 0 Å². The number of hydrogen-bond acceptors (Lipinski definition) is 9. The molecule has 0 fully saturated rings. The molecule has 0 aliphatic rings. The van der Waals surface area contributed by atoms with E-state index in [1.165, 1.54) is 0 Å². The minimum Gasteiger partial charge on any atom is -0.550 e. The second-order valence-electron chi connectivity index (χ2n) is 5.91. The molecule has 0 bridgehead atoms. The Hall–Kier alpha value is 2.94. The normalized spacial score (nSPS) is 11.4. The van der Waals surface area contributed by atoms with Gasteiger partial charge in [0.25, 0.3) is 0 Å². The van der Waals surface area contributed by atoms with Crippen molar-refractivity contribution in [3.63, 3.8) is 0 Å². The van der Waals surface area contributed by atoms with Crippen LogP contribution in [0.15, 0.2) is 12.2 Å². The van der Waals surface area contributed by atoms with Crippen LogP contribution >= 0.6 is 0 Å². The van der Waals surface area contributed by atoms with Crippen LogP contribution in [0.5, 0.6) is 0 Å². The van der Waals surface area contributed by atoms with Crippen LogP contribution in [0.2, 0.25) is 0 Å². The van der Waals surface area contributed by atoms with E-state index in [9.17, 15) is 34.8 Å². The number of hydrogen-bond donors (Lipinski definition) is 1. The average molecular weight is 489 g/mol. The molecule has 1 N–H and O–H groups in total. The molecule has 12 heteroatoms. The van der Waals surface area contributed by atoms with E-state index in [4.69, 9.17) is 0 Å². The zero-order valence-corrected chi connectivity index (χ0v) is 27.5. The summed E-state index contributed by atoms with van der Waals surface area (Å²) in [5.74, 6) is -3.69. The number of aliphatic hydroxyl groups is 1. The Kier molecular flexibility index (Phi) is 34.5. The molecular weight excluding hydrogens is 461 g/mol. The third-order valence-corrected chi connectivity index (χ3v) is 3.67. The summed E-state index contributed by atoms with van der Waals surface area (Å²) in [6.07, 6.45) is 2.72. The molecular formula is C17H27K3N2O7. The Labute approximate surface area is 300 Å². The van der Waals surface area contributed by atoms with Gasteiger partial charge in [0.15, 0.2) is 0 Å². The molecule has 9 nitrogen and oxygen atoms in total. The van der Waals surface area contributed by atoms with Gasteiger partial charge in [-0.3, -0.25) is 4.90 Å². The van der Waals surface area contributed by atoms with Gasteiger partial charge < -0.3 is 39.7 Å². The van der Waals surface area contributed by atoms with Gasteiger partial charge in [-0.1, -0.05) is 19.1 Å². The number of allylic oxidation sites excluding steroid dienone is 1. The smallest absolute Gasteiger partial charge is 0.550 e. The molecule has 1 atom stereocenters. The van der Waals surface area contributed by atoms with Crippen LogP contribution < -0.4 is 169 Å². The molecule has 0 amide bonds. The standard InChI is InChI=1S/C17H30N2O7.3K/c1-2-3-4-14(20)13-19(10-7-17(25)26)12-11-18(8-5-15(21)22)9-6-16(23)24;;;/h3-4,14,20H,2,5-13H2,1H3,(H,21,22)(H,23,24)(H,25,26);;;/q;3*+1/p-3/b4-3+;;;. The molecule has 0 radical (unpaired) electrons. The minimum atomic E-state index is -1.24. The number of aliphatic carboxylic acids is 3. The number of aliphatic hydroxyl groups excluding tert-OH is 1. The summed E-state index contributed by atoms with van der Waals surface area (Å²) in [6.45, 7) is 3.17. The molecule has 0 spiro atoms. The van der Waals surface area contributed by atoms with E-state index in [0.29, 0.717) is 13.1 Å². The van der Waals surface area contributed by atoms with Crippen LogP contribution in [0, 0.1) is 0 Å². The SMILES string of the molecule is CC/C=C/C(O)CN(CCC(=O)[O-])CCN(CCC(=O)[O-])CCC(=O)[O-].[K+].[K+].[K+]. The third-order valence-electron chi connectivity index (χ3n) is 3.67. The van der Waals surface area contributed by atoms with Gasteiger partial charge in [0.2, 0.25) is 0 Å². The Morgan fingerprint density at radius 2 is 1.17 bits per heavy atom. The maximum absolute atomic E-state index is 10.7. The number of carboxylic acids is 3. The van der Waals surface area contributed by atoms with Crippen molar-refractivity contribution in [3.05, 3.63) is 12.2 Å². The summed E-state index contributed by atoms with van der Waals surface area (Å²) >= 11 is 0. The quantitative estimate of drug-likeness (QED) is 0.165. The Morgan fingerprint density at radius 3 is 1.55 bits per heavy atom. The molecule has 0 saturated heterocycles. The Balaban J connectivity index is -0.00000104. The molecule has 0 rings (SSSR count). The van der Waals surface area contributed by atoms with E-state index in [-0.39, 0.29) is 200 Å². The monoisotopic (exact) mass is 488 g/mol. The Morgan fingerprint density at radius 1 is 0.793 bits per heavy atom. The molecule has 0 aliphatic heterocycles. The van der Waals surface area contributed by atoms with Gasteiger partial charge in [-0.2, -0.15) is 0 Å². The first kappa shape index (κ1) is 39.2. The predicted octanol–water partition coefficient (Wildman–Crippen LogP) is -12.7. The fourth-order valence-corrected chi connectivity index (χ4v) is 2.28. The topological polar surface area (TPSA) is 147 Å². The van der Waals surface area contributed by atoms with Crippen LogP contribution in [0.1, 0.15) is 32.6 Å². The van der Waals surface area contributed by atoms with E-state index in [2.05, 4.69) is 0 Å². The number of rotatable bonds is 16. The first-order valence-electron chi connectivity index (χ1n) is 8.63. The maximum Gasteiger partial charge on any atom is 1.00 e. The molecule has 0 saturated carbocycles. The van der Waals surface area contributed by atoms with Crippen LogP contribution in [-0.2, 0) is 14.4 Å². The zero-order chi connectivity index (χ0) is 19.9. The van der Waals surface area contributed by atoms with Crippen molar-refractivity contribution >= 4 is 17.9 Å². The van der Waals surface area contributed by atoms with Crippen molar-refractivity contribution in [2.45, 2.75) is 38.7 Å². The summed E-state index contributed by atoms with van der Waals surface area (Å²) in [4.78, 5) is 35.3. The number of nitrogens with zero attached hydrogens (tertiary/aromatic N) is 2. The van der Waals surface area contributed by atoms with E-state index < -0.39 is 24.0 Å². The molecule has 150 valence electrons. The molecule has 0 aliphatic carbocycles. The van der Waals surface area contributed by atoms with Crippen molar-refractivity contribution in [1.82, 2.24) is 9.80 Å². The molecule has 0 heterocycles. The first-order chi connectivity index (χ1) is 12.2. The van der Waals surface area contributed by atoms with Gasteiger partial charge in [0.1, 0.15) is 0 Å².